The molecule has 0 atom stereocenters. The van der Waals surface area contributed by atoms with Crippen molar-refractivity contribution in [2.75, 3.05) is 11.4 Å². The van der Waals surface area contributed by atoms with Crippen molar-refractivity contribution in [2.24, 2.45) is 5.92 Å². The molecule has 2 fully saturated rings. The second kappa shape index (κ2) is 4.07. The minimum Gasteiger partial charge on any atom is -0.368 e. The molecule has 2 nitrogen and oxygen atoms in total. The Hall–Kier alpha value is -1.49. The summed E-state index contributed by atoms with van der Waals surface area (Å²) in [6.45, 7) is 3.25. The summed E-state index contributed by atoms with van der Waals surface area (Å²) in [5.74, 6) is 0.923. The summed E-state index contributed by atoms with van der Waals surface area (Å²) in [5, 5.41) is 8.96. The molecule has 0 heterocycles. The quantitative estimate of drug-likeness (QED) is 0.788. The standard InChI is InChI=1S/C15H18N2/c1-11-8-15(5-4-13(11)9-16)17(14-6-7-14)10-12-2-3-12/h4-5,8,12,14H,2-3,6-7,10H2,1H3. The SMILES string of the molecule is Cc1cc(N(CC2CC2)C2CC2)ccc1C#N. The second-order valence-corrected chi connectivity index (χ2v) is 5.44. The fourth-order valence-corrected chi connectivity index (χ4v) is 2.38. The molecule has 0 aliphatic heterocycles. The summed E-state index contributed by atoms with van der Waals surface area (Å²) in [6, 6.07) is 9.27. The van der Waals surface area contributed by atoms with Crippen LogP contribution < -0.4 is 4.90 Å². The zero-order chi connectivity index (χ0) is 11.8. The van der Waals surface area contributed by atoms with Crippen molar-refractivity contribution in [3.8, 4) is 6.07 Å². The molecule has 1 aromatic carbocycles. The average molecular weight is 226 g/mol. The first-order chi connectivity index (χ1) is 8.28. The van der Waals surface area contributed by atoms with E-state index in [4.69, 9.17) is 5.26 Å². The Labute approximate surface area is 103 Å². The summed E-state index contributed by atoms with van der Waals surface area (Å²) in [4.78, 5) is 2.56. The van der Waals surface area contributed by atoms with Crippen LogP contribution in [0.3, 0.4) is 0 Å². The maximum absolute atomic E-state index is 8.96. The molecule has 0 amide bonds. The van der Waals surface area contributed by atoms with Gasteiger partial charge in [0.25, 0.3) is 0 Å². The van der Waals surface area contributed by atoms with E-state index in [1.165, 1.54) is 37.9 Å². The third kappa shape index (κ3) is 2.29. The molecule has 2 heteroatoms. The lowest BCUT2D eigenvalue weighted by molar-refractivity contribution is 0.718. The van der Waals surface area contributed by atoms with Crippen LogP contribution in [0, 0.1) is 24.2 Å². The molecule has 0 radical (unpaired) electrons. The Balaban J connectivity index is 1.84. The van der Waals surface area contributed by atoms with E-state index in [0.29, 0.717) is 0 Å². The van der Waals surface area contributed by atoms with Crippen LogP contribution in [0.1, 0.15) is 36.8 Å². The van der Waals surface area contributed by atoms with Crippen molar-refractivity contribution in [2.45, 2.75) is 38.6 Å². The lowest BCUT2D eigenvalue weighted by Crippen LogP contribution is -2.28. The number of rotatable bonds is 4. The zero-order valence-electron chi connectivity index (χ0n) is 10.3. The van der Waals surface area contributed by atoms with E-state index in [-0.39, 0.29) is 0 Å². The molecule has 17 heavy (non-hydrogen) atoms. The van der Waals surface area contributed by atoms with Gasteiger partial charge in [-0.3, -0.25) is 0 Å². The average Bonchev–Trinajstić information content (AvgIpc) is 3.17. The molecular formula is C15H18N2. The maximum atomic E-state index is 8.96. The van der Waals surface area contributed by atoms with E-state index >= 15 is 0 Å². The summed E-state index contributed by atoms with van der Waals surface area (Å²) in [7, 11) is 0. The molecule has 0 aromatic heterocycles. The molecule has 0 bridgehead atoms. The van der Waals surface area contributed by atoms with Crippen molar-refractivity contribution >= 4 is 5.69 Å². The molecule has 2 aliphatic rings. The van der Waals surface area contributed by atoms with Crippen LogP contribution in [0.4, 0.5) is 5.69 Å². The van der Waals surface area contributed by atoms with Crippen LogP contribution in [0.2, 0.25) is 0 Å². The smallest absolute Gasteiger partial charge is 0.0994 e. The Morgan fingerprint density at radius 3 is 2.59 bits per heavy atom. The molecule has 0 saturated heterocycles. The topological polar surface area (TPSA) is 27.0 Å². The predicted molar refractivity (Wildman–Crippen MR) is 69.0 cm³/mol. The van der Waals surface area contributed by atoms with E-state index in [2.05, 4.69) is 23.1 Å². The van der Waals surface area contributed by atoms with Gasteiger partial charge in [-0.1, -0.05) is 0 Å². The van der Waals surface area contributed by atoms with Crippen LogP contribution >= 0.6 is 0 Å². The van der Waals surface area contributed by atoms with Crippen LogP contribution in [-0.2, 0) is 0 Å². The number of nitrogens with zero attached hydrogens (tertiary/aromatic N) is 2. The van der Waals surface area contributed by atoms with Gasteiger partial charge in [0.1, 0.15) is 0 Å². The monoisotopic (exact) mass is 226 g/mol. The molecule has 2 aliphatic carbocycles. The summed E-state index contributed by atoms with van der Waals surface area (Å²) < 4.78 is 0. The van der Waals surface area contributed by atoms with Gasteiger partial charge in [-0.25, -0.2) is 0 Å². The maximum Gasteiger partial charge on any atom is 0.0994 e. The van der Waals surface area contributed by atoms with Crippen LogP contribution in [0.5, 0.6) is 0 Å². The van der Waals surface area contributed by atoms with Gasteiger partial charge in [-0.15, -0.1) is 0 Å². The first kappa shape index (κ1) is 10.7. The number of nitriles is 1. The number of benzene rings is 1. The van der Waals surface area contributed by atoms with Gasteiger partial charge in [0, 0.05) is 18.3 Å². The minimum absolute atomic E-state index is 0.767. The van der Waals surface area contributed by atoms with Gasteiger partial charge >= 0.3 is 0 Å². The van der Waals surface area contributed by atoms with Crippen molar-refractivity contribution < 1.29 is 0 Å². The molecule has 0 unspecified atom stereocenters. The third-order valence-corrected chi connectivity index (χ3v) is 3.80. The van der Waals surface area contributed by atoms with E-state index in [0.717, 1.165) is 23.1 Å². The highest BCUT2D eigenvalue weighted by Crippen LogP contribution is 2.38. The van der Waals surface area contributed by atoms with Crippen molar-refractivity contribution in [3.05, 3.63) is 29.3 Å². The number of hydrogen-bond donors (Lipinski definition) is 0. The normalized spacial score (nSPS) is 18.8. The molecule has 88 valence electrons. The Morgan fingerprint density at radius 1 is 1.29 bits per heavy atom. The van der Waals surface area contributed by atoms with Crippen molar-refractivity contribution in [1.82, 2.24) is 0 Å². The first-order valence-electron chi connectivity index (χ1n) is 6.55. The fourth-order valence-electron chi connectivity index (χ4n) is 2.38. The van der Waals surface area contributed by atoms with Crippen LogP contribution in [0.15, 0.2) is 18.2 Å². The Bertz CT molecular complexity index is 464. The van der Waals surface area contributed by atoms with Crippen molar-refractivity contribution in [1.29, 1.82) is 5.26 Å². The summed E-state index contributed by atoms with van der Waals surface area (Å²) in [5.41, 5.74) is 3.22. The van der Waals surface area contributed by atoms with Crippen LogP contribution in [-0.4, -0.2) is 12.6 Å². The molecular weight excluding hydrogens is 208 g/mol. The van der Waals surface area contributed by atoms with E-state index < -0.39 is 0 Å². The van der Waals surface area contributed by atoms with Crippen LogP contribution in [0.25, 0.3) is 0 Å². The van der Waals surface area contributed by atoms with E-state index in [1.54, 1.807) is 0 Å². The Morgan fingerprint density at radius 2 is 2.06 bits per heavy atom. The van der Waals surface area contributed by atoms with E-state index in [1.807, 2.05) is 13.0 Å². The van der Waals surface area contributed by atoms with Gasteiger partial charge in [0.2, 0.25) is 0 Å². The predicted octanol–water partition coefficient (Wildman–Crippen LogP) is 3.25. The lowest BCUT2D eigenvalue weighted by Gasteiger charge is -2.25. The Kier molecular flexibility index (Phi) is 2.55. The van der Waals surface area contributed by atoms with Gasteiger partial charge in [-0.2, -0.15) is 5.26 Å². The minimum atomic E-state index is 0.767. The second-order valence-electron chi connectivity index (χ2n) is 5.44. The van der Waals surface area contributed by atoms with Gasteiger partial charge in [-0.05, 0) is 62.3 Å². The molecule has 3 rings (SSSR count). The highest BCUT2D eigenvalue weighted by molar-refractivity contribution is 5.55. The molecule has 0 N–H and O–H groups in total. The number of aryl methyl sites for hydroxylation is 1. The largest absolute Gasteiger partial charge is 0.368 e. The van der Waals surface area contributed by atoms with Crippen molar-refractivity contribution in [3.63, 3.8) is 0 Å². The lowest BCUT2D eigenvalue weighted by atomic mass is 10.1. The van der Waals surface area contributed by atoms with E-state index in [9.17, 15) is 0 Å². The third-order valence-electron chi connectivity index (χ3n) is 3.80. The molecule has 2 saturated carbocycles. The van der Waals surface area contributed by atoms with Gasteiger partial charge < -0.3 is 4.90 Å². The highest BCUT2D eigenvalue weighted by Gasteiger charge is 2.33. The van der Waals surface area contributed by atoms with Gasteiger partial charge in [0.15, 0.2) is 0 Å². The summed E-state index contributed by atoms with van der Waals surface area (Å²) in [6.07, 6.45) is 5.48. The fraction of sp³-hybridized carbons (Fsp3) is 0.533. The highest BCUT2D eigenvalue weighted by atomic mass is 15.2. The number of anilines is 1. The molecule has 0 spiro atoms. The number of hydrogen-bond acceptors (Lipinski definition) is 2. The summed E-state index contributed by atoms with van der Waals surface area (Å²) >= 11 is 0. The zero-order valence-corrected chi connectivity index (χ0v) is 10.3. The molecule has 1 aromatic rings. The van der Waals surface area contributed by atoms with Gasteiger partial charge in [0.05, 0.1) is 11.6 Å². The first-order valence-corrected chi connectivity index (χ1v) is 6.55.